The van der Waals surface area contributed by atoms with Gasteiger partial charge >= 0.3 is 0 Å². The number of nitrogens with one attached hydrogen (secondary N) is 1. The third kappa shape index (κ3) is 5.26. The molecule has 0 saturated carbocycles. The van der Waals surface area contributed by atoms with Gasteiger partial charge in [0.25, 0.3) is 5.91 Å². The third-order valence-corrected chi connectivity index (χ3v) is 4.82. The predicted octanol–water partition coefficient (Wildman–Crippen LogP) is 4.82. The van der Waals surface area contributed by atoms with Crippen molar-refractivity contribution in [1.29, 1.82) is 0 Å². The topological polar surface area (TPSA) is 64.6 Å². The fourth-order valence-corrected chi connectivity index (χ4v) is 3.11. The maximum Gasteiger partial charge on any atom is 0.258 e. The van der Waals surface area contributed by atoms with Crippen LogP contribution in [0.15, 0.2) is 72.8 Å². The van der Waals surface area contributed by atoms with E-state index in [2.05, 4.69) is 17.4 Å². The van der Waals surface area contributed by atoms with Gasteiger partial charge in [0.2, 0.25) is 0 Å². The number of hydrogen-bond acceptors (Lipinski definition) is 4. The van der Waals surface area contributed by atoms with Crippen molar-refractivity contribution in [1.82, 2.24) is 5.32 Å². The number of benzene rings is 3. The summed E-state index contributed by atoms with van der Waals surface area (Å²) in [6.45, 7) is 3.26. The van der Waals surface area contributed by atoms with Gasteiger partial charge in [0.1, 0.15) is 0 Å². The zero-order chi connectivity index (χ0) is 21.5. The Kier molecular flexibility index (Phi) is 6.86. The monoisotopic (exact) mass is 403 g/mol. The number of Topliss-reactive ketones (excluding diaryl/α,β-unsaturated/α-hetero) is 1. The average molecular weight is 403 g/mol. The van der Waals surface area contributed by atoms with E-state index in [0.29, 0.717) is 17.1 Å². The summed E-state index contributed by atoms with van der Waals surface area (Å²) in [7, 11) is 1.49. The molecule has 1 amide bonds. The van der Waals surface area contributed by atoms with Gasteiger partial charge in [-0.1, -0.05) is 54.6 Å². The molecule has 1 N–H and O–H groups in total. The summed E-state index contributed by atoms with van der Waals surface area (Å²) in [4.78, 5) is 23.8. The molecule has 0 heterocycles. The summed E-state index contributed by atoms with van der Waals surface area (Å²) in [6.07, 6.45) is 0. The van der Waals surface area contributed by atoms with Crippen molar-refractivity contribution >= 4 is 11.7 Å². The van der Waals surface area contributed by atoms with Crippen LogP contribution in [-0.2, 0) is 4.79 Å². The molecule has 0 unspecified atom stereocenters. The Hall–Kier alpha value is -3.60. The highest BCUT2D eigenvalue weighted by molar-refractivity contribution is 5.94. The number of carbonyl (C=O) groups excluding carboxylic acids is 2. The molecule has 0 saturated heterocycles. The molecule has 5 heteroatoms. The first kappa shape index (κ1) is 21.1. The van der Waals surface area contributed by atoms with E-state index in [9.17, 15) is 9.59 Å². The Morgan fingerprint density at radius 1 is 0.900 bits per heavy atom. The molecule has 1 atom stereocenters. The van der Waals surface area contributed by atoms with Crippen molar-refractivity contribution < 1.29 is 19.1 Å². The number of amides is 1. The van der Waals surface area contributed by atoms with E-state index in [1.54, 1.807) is 18.2 Å². The second-order valence-corrected chi connectivity index (χ2v) is 6.99. The van der Waals surface area contributed by atoms with E-state index in [0.717, 1.165) is 16.7 Å². The number of ketones is 1. The lowest BCUT2D eigenvalue weighted by atomic mass is 10.0. The Labute approximate surface area is 176 Å². The molecule has 0 radical (unpaired) electrons. The predicted molar refractivity (Wildman–Crippen MR) is 117 cm³/mol. The molecule has 0 aliphatic heterocycles. The van der Waals surface area contributed by atoms with Gasteiger partial charge in [-0.2, -0.15) is 0 Å². The van der Waals surface area contributed by atoms with Crippen molar-refractivity contribution in [3.63, 3.8) is 0 Å². The molecule has 0 aromatic heterocycles. The lowest BCUT2D eigenvalue weighted by Crippen LogP contribution is -2.31. The van der Waals surface area contributed by atoms with Crippen LogP contribution in [0.5, 0.6) is 11.5 Å². The van der Waals surface area contributed by atoms with E-state index in [4.69, 9.17) is 9.47 Å². The maximum atomic E-state index is 12.3. The van der Waals surface area contributed by atoms with Crippen molar-refractivity contribution in [2.45, 2.75) is 19.9 Å². The Morgan fingerprint density at radius 3 is 2.20 bits per heavy atom. The van der Waals surface area contributed by atoms with Gasteiger partial charge in [0.15, 0.2) is 23.9 Å². The summed E-state index contributed by atoms with van der Waals surface area (Å²) >= 11 is 0. The summed E-state index contributed by atoms with van der Waals surface area (Å²) in [5.41, 5.74) is 3.81. The van der Waals surface area contributed by atoms with Gasteiger partial charge in [-0.3, -0.25) is 9.59 Å². The number of ether oxygens (including phenoxy) is 2. The normalized spacial score (nSPS) is 11.4. The standard InChI is InChI=1S/C25H25NO4/c1-17(19-9-11-21(12-10-19)20-7-5-4-6-8-20)26-25(28)16-30-23-14-13-22(18(2)27)15-24(23)29-3/h4-15,17H,16H2,1-3H3,(H,26,28)/t17-/m1/s1. The Morgan fingerprint density at radius 2 is 1.57 bits per heavy atom. The van der Waals surface area contributed by atoms with Crippen molar-refractivity contribution in [2.24, 2.45) is 0 Å². The molecule has 0 fully saturated rings. The van der Waals surface area contributed by atoms with Gasteiger partial charge in [0.05, 0.1) is 13.2 Å². The molecular weight excluding hydrogens is 378 g/mol. The van der Waals surface area contributed by atoms with Crippen LogP contribution < -0.4 is 14.8 Å². The molecule has 0 aliphatic rings. The Balaban J connectivity index is 1.58. The smallest absolute Gasteiger partial charge is 0.258 e. The number of hydrogen-bond donors (Lipinski definition) is 1. The molecule has 3 rings (SSSR count). The summed E-state index contributed by atoms with van der Waals surface area (Å²) < 4.78 is 10.8. The first-order valence-electron chi connectivity index (χ1n) is 9.74. The van der Waals surface area contributed by atoms with Gasteiger partial charge in [-0.25, -0.2) is 0 Å². The van der Waals surface area contributed by atoms with Gasteiger partial charge in [-0.05, 0) is 48.7 Å². The molecule has 5 nitrogen and oxygen atoms in total. The second-order valence-electron chi connectivity index (χ2n) is 6.99. The van der Waals surface area contributed by atoms with Gasteiger partial charge in [0, 0.05) is 5.56 Å². The molecule has 154 valence electrons. The van der Waals surface area contributed by atoms with Crippen LogP contribution in [0, 0.1) is 0 Å². The van der Waals surface area contributed by atoms with Crippen LogP contribution >= 0.6 is 0 Å². The highest BCUT2D eigenvalue weighted by Crippen LogP contribution is 2.28. The third-order valence-electron chi connectivity index (χ3n) is 4.82. The summed E-state index contributed by atoms with van der Waals surface area (Å²) in [6, 6.07) is 23.0. The number of methoxy groups -OCH3 is 1. The lowest BCUT2D eigenvalue weighted by Gasteiger charge is -2.16. The average Bonchev–Trinajstić information content (AvgIpc) is 2.78. The van der Waals surface area contributed by atoms with Crippen molar-refractivity contribution in [3.8, 4) is 22.6 Å². The molecule has 30 heavy (non-hydrogen) atoms. The minimum Gasteiger partial charge on any atom is -0.493 e. The van der Waals surface area contributed by atoms with Crippen LogP contribution in [0.1, 0.15) is 35.8 Å². The molecule has 0 aliphatic carbocycles. The molecular formula is C25H25NO4. The van der Waals surface area contributed by atoms with Crippen LogP contribution in [0.2, 0.25) is 0 Å². The Bertz CT molecular complexity index is 1010. The maximum absolute atomic E-state index is 12.3. The number of carbonyl (C=O) groups is 2. The quantitative estimate of drug-likeness (QED) is 0.548. The van der Waals surface area contributed by atoms with E-state index < -0.39 is 0 Å². The van der Waals surface area contributed by atoms with Gasteiger partial charge < -0.3 is 14.8 Å². The number of rotatable bonds is 8. The molecule has 0 spiro atoms. The largest absolute Gasteiger partial charge is 0.493 e. The van der Waals surface area contributed by atoms with E-state index in [1.807, 2.05) is 49.4 Å². The van der Waals surface area contributed by atoms with Crippen molar-refractivity contribution in [3.05, 3.63) is 83.9 Å². The fourth-order valence-electron chi connectivity index (χ4n) is 3.11. The second kappa shape index (κ2) is 9.74. The first-order chi connectivity index (χ1) is 14.5. The summed E-state index contributed by atoms with van der Waals surface area (Å²) in [5, 5.41) is 2.93. The minimum atomic E-state index is -0.243. The van der Waals surface area contributed by atoms with Crippen LogP contribution in [-0.4, -0.2) is 25.4 Å². The molecule has 0 bridgehead atoms. The first-order valence-corrected chi connectivity index (χ1v) is 9.74. The fraction of sp³-hybridized carbons (Fsp3) is 0.200. The van der Waals surface area contributed by atoms with E-state index in [1.165, 1.54) is 14.0 Å². The lowest BCUT2D eigenvalue weighted by molar-refractivity contribution is -0.123. The summed E-state index contributed by atoms with van der Waals surface area (Å²) in [5.74, 6) is 0.523. The van der Waals surface area contributed by atoms with E-state index in [-0.39, 0.29) is 24.3 Å². The van der Waals surface area contributed by atoms with Crippen LogP contribution in [0.25, 0.3) is 11.1 Å². The van der Waals surface area contributed by atoms with Gasteiger partial charge in [-0.15, -0.1) is 0 Å². The molecule has 3 aromatic carbocycles. The molecule has 3 aromatic rings. The van der Waals surface area contributed by atoms with E-state index >= 15 is 0 Å². The van der Waals surface area contributed by atoms with Crippen LogP contribution in [0.4, 0.5) is 0 Å². The highest BCUT2D eigenvalue weighted by atomic mass is 16.5. The SMILES string of the molecule is COc1cc(C(C)=O)ccc1OCC(=O)N[C@H](C)c1ccc(-c2ccccc2)cc1. The van der Waals surface area contributed by atoms with Crippen molar-refractivity contribution in [2.75, 3.05) is 13.7 Å². The zero-order valence-electron chi connectivity index (χ0n) is 17.3. The minimum absolute atomic E-state index is 0.0651. The van der Waals surface area contributed by atoms with Crippen LogP contribution in [0.3, 0.4) is 0 Å². The highest BCUT2D eigenvalue weighted by Gasteiger charge is 2.13. The zero-order valence-corrected chi connectivity index (χ0v) is 17.3.